The summed E-state index contributed by atoms with van der Waals surface area (Å²) in [5, 5.41) is 3.17. The van der Waals surface area contributed by atoms with Gasteiger partial charge in [0, 0.05) is 18.3 Å². The van der Waals surface area contributed by atoms with Crippen molar-refractivity contribution in [2.24, 2.45) is 0 Å². The summed E-state index contributed by atoms with van der Waals surface area (Å²) >= 11 is 0. The van der Waals surface area contributed by atoms with Gasteiger partial charge in [0.2, 0.25) is 0 Å². The molecule has 5 heteroatoms. The summed E-state index contributed by atoms with van der Waals surface area (Å²) in [6, 6.07) is 8.94. The number of hydrogen-bond acceptors (Lipinski definition) is 5. The van der Waals surface area contributed by atoms with Crippen molar-refractivity contribution in [2.75, 3.05) is 11.1 Å². The minimum absolute atomic E-state index is 0.216. The predicted molar refractivity (Wildman–Crippen MR) is 78.9 cm³/mol. The predicted octanol–water partition coefficient (Wildman–Crippen LogP) is 3.11. The summed E-state index contributed by atoms with van der Waals surface area (Å²) < 4.78 is 5.18. The Labute approximate surface area is 117 Å². The molecule has 0 fully saturated rings. The number of esters is 1. The molecule has 0 atom stereocenters. The molecule has 1 aromatic carbocycles. The average molecular weight is 271 g/mol. The van der Waals surface area contributed by atoms with E-state index in [2.05, 4.69) is 10.3 Å². The van der Waals surface area contributed by atoms with Gasteiger partial charge in [0.25, 0.3) is 0 Å². The molecule has 0 aliphatic rings. The SMILES string of the molecule is CCCC(=O)Oc1ccc(Nc2ccncc2N)cc1. The quantitative estimate of drug-likeness (QED) is 0.645. The standard InChI is InChI=1S/C15H17N3O2/c1-2-3-15(19)20-12-6-4-11(5-7-12)18-14-8-9-17-10-13(14)16/h4-10H,2-3,16H2,1H3,(H,17,18). The number of aromatic nitrogens is 1. The molecule has 0 spiro atoms. The van der Waals surface area contributed by atoms with Crippen molar-refractivity contribution in [3.63, 3.8) is 0 Å². The summed E-state index contributed by atoms with van der Waals surface area (Å²) in [6.07, 6.45) is 4.45. The zero-order valence-electron chi connectivity index (χ0n) is 11.3. The fourth-order valence-corrected chi connectivity index (χ4v) is 1.67. The lowest BCUT2D eigenvalue weighted by atomic mass is 10.2. The Kier molecular flexibility index (Phi) is 4.55. The highest BCUT2D eigenvalue weighted by Crippen LogP contribution is 2.23. The van der Waals surface area contributed by atoms with Gasteiger partial charge in [0.05, 0.1) is 17.6 Å². The van der Waals surface area contributed by atoms with Gasteiger partial charge >= 0.3 is 5.97 Å². The molecule has 0 unspecified atom stereocenters. The maximum absolute atomic E-state index is 11.4. The van der Waals surface area contributed by atoms with E-state index < -0.39 is 0 Å². The molecule has 104 valence electrons. The zero-order valence-corrected chi connectivity index (χ0v) is 11.3. The number of nitrogen functional groups attached to an aromatic ring is 1. The number of nitrogens with one attached hydrogen (secondary N) is 1. The average Bonchev–Trinajstić information content (AvgIpc) is 2.44. The third-order valence-electron chi connectivity index (χ3n) is 2.67. The number of ether oxygens (including phenoxy) is 1. The van der Waals surface area contributed by atoms with E-state index in [9.17, 15) is 4.79 Å². The van der Waals surface area contributed by atoms with Gasteiger partial charge in [-0.05, 0) is 36.8 Å². The lowest BCUT2D eigenvalue weighted by molar-refractivity contribution is -0.134. The number of carbonyl (C=O) groups is 1. The maximum Gasteiger partial charge on any atom is 0.311 e. The van der Waals surface area contributed by atoms with E-state index in [1.165, 1.54) is 0 Å². The van der Waals surface area contributed by atoms with Crippen LogP contribution in [0.4, 0.5) is 17.1 Å². The van der Waals surface area contributed by atoms with Gasteiger partial charge in [0.1, 0.15) is 5.75 Å². The Morgan fingerprint density at radius 3 is 2.70 bits per heavy atom. The van der Waals surface area contributed by atoms with Crippen molar-refractivity contribution in [1.82, 2.24) is 4.98 Å². The van der Waals surface area contributed by atoms with Gasteiger partial charge in [-0.2, -0.15) is 0 Å². The van der Waals surface area contributed by atoms with Crippen molar-refractivity contribution in [3.05, 3.63) is 42.7 Å². The normalized spacial score (nSPS) is 10.1. The molecule has 0 amide bonds. The third-order valence-corrected chi connectivity index (χ3v) is 2.67. The van der Waals surface area contributed by atoms with Gasteiger partial charge in [-0.25, -0.2) is 0 Å². The highest BCUT2D eigenvalue weighted by Gasteiger charge is 2.04. The van der Waals surface area contributed by atoms with E-state index in [1.807, 2.05) is 19.1 Å². The highest BCUT2D eigenvalue weighted by atomic mass is 16.5. The van der Waals surface area contributed by atoms with Crippen LogP contribution < -0.4 is 15.8 Å². The van der Waals surface area contributed by atoms with Crippen LogP contribution in [0.1, 0.15) is 19.8 Å². The Balaban J connectivity index is 2.02. The van der Waals surface area contributed by atoms with Crippen LogP contribution in [0.3, 0.4) is 0 Å². The van der Waals surface area contributed by atoms with Gasteiger partial charge in [-0.3, -0.25) is 9.78 Å². The fraction of sp³-hybridized carbons (Fsp3) is 0.200. The Bertz CT molecular complexity index is 582. The van der Waals surface area contributed by atoms with Crippen LogP contribution in [0.25, 0.3) is 0 Å². The number of rotatable bonds is 5. The summed E-state index contributed by atoms with van der Waals surface area (Å²) in [7, 11) is 0. The molecular weight excluding hydrogens is 254 g/mol. The molecule has 5 nitrogen and oxygen atoms in total. The number of benzene rings is 1. The lowest BCUT2D eigenvalue weighted by Crippen LogP contribution is -2.06. The van der Waals surface area contributed by atoms with Gasteiger partial charge in [0.15, 0.2) is 0 Å². The molecular formula is C15H17N3O2. The number of pyridine rings is 1. The molecule has 0 radical (unpaired) electrons. The largest absolute Gasteiger partial charge is 0.427 e. The topological polar surface area (TPSA) is 77.2 Å². The molecule has 0 saturated heterocycles. The second-order valence-electron chi connectivity index (χ2n) is 4.34. The van der Waals surface area contributed by atoms with Crippen molar-refractivity contribution in [3.8, 4) is 5.75 Å². The lowest BCUT2D eigenvalue weighted by Gasteiger charge is -2.09. The minimum Gasteiger partial charge on any atom is -0.427 e. The Morgan fingerprint density at radius 1 is 1.30 bits per heavy atom. The molecule has 2 aromatic rings. The van der Waals surface area contributed by atoms with E-state index in [1.54, 1.807) is 30.6 Å². The first kappa shape index (κ1) is 13.9. The molecule has 1 aromatic heterocycles. The molecule has 0 bridgehead atoms. The summed E-state index contributed by atoms with van der Waals surface area (Å²) in [4.78, 5) is 15.3. The molecule has 1 heterocycles. The monoisotopic (exact) mass is 271 g/mol. The molecule has 3 N–H and O–H groups in total. The van der Waals surface area contributed by atoms with Crippen LogP contribution in [0, 0.1) is 0 Å². The van der Waals surface area contributed by atoms with E-state index in [4.69, 9.17) is 10.5 Å². The van der Waals surface area contributed by atoms with Crippen LogP contribution in [0.2, 0.25) is 0 Å². The number of carbonyl (C=O) groups excluding carboxylic acids is 1. The second kappa shape index (κ2) is 6.56. The zero-order chi connectivity index (χ0) is 14.4. The number of anilines is 3. The molecule has 0 aliphatic carbocycles. The number of nitrogens with two attached hydrogens (primary N) is 1. The minimum atomic E-state index is -0.216. The molecule has 0 aliphatic heterocycles. The number of hydrogen-bond donors (Lipinski definition) is 2. The Hall–Kier alpha value is -2.56. The molecule has 20 heavy (non-hydrogen) atoms. The van der Waals surface area contributed by atoms with E-state index >= 15 is 0 Å². The highest BCUT2D eigenvalue weighted by molar-refractivity contribution is 5.73. The summed E-state index contributed by atoms with van der Waals surface area (Å²) in [5.74, 6) is 0.322. The third kappa shape index (κ3) is 3.71. The van der Waals surface area contributed by atoms with Crippen LogP contribution in [0.15, 0.2) is 42.7 Å². The summed E-state index contributed by atoms with van der Waals surface area (Å²) in [5.41, 5.74) is 8.03. The van der Waals surface area contributed by atoms with Crippen LogP contribution in [-0.2, 0) is 4.79 Å². The van der Waals surface area contributed by atoms with Crippen LogP contribution in [-0.4, -0.2) is 11.0 Å². The van der Waals surface area contributed by atoms with Crippen molar-refractivity contribution >= 4 is 23.0 Å². The van der Waals surface area contributed by atoms with Gasteiger partial charge < -0.3 is 15.8 Å². The first-order valence-electron chi connectivity index (χ1n) is 6.46. The van der Waals surface area contributed by atoms with Gasteiger partial charge in [-0.1, -0.05) is 6.92 Å². The van der Waals surface area contributed by atoms with Crippen LogP contribution >= 0.6 is 0 Å². The fourth-order valence-electron chi connectivity index (χ4n) is 1.67. The van der Waals surface area contributed by atoms with E-state index in [-0.39, 0.29) is 5.97 Å². The number of nitrogens with zero attached hydrogens (tertiary/aromatic N) is 1. The van der Waals surface area contributed by atoms with E-state index in [0.29, 0.717) is 17.9 Å². The maximum atomic E-state index is 11.4. The molecule has 0 saturated carbocycles. The first-order chi connectivity index (χ1) is 9.69. The van der Waals surface area contributed by atoms with Crippen molar-refractivity contribution in [2.45, 2.75) is 19.8 Å². The summed E-state index contributed by atoms with van der Waals surface area (Å²) in [6.45, 7) is 1.94. The van der Waals surface area contributed by atoms with Crippen molar-refractivity contribution in [1.29, 1.82) is 0 Å². The van der Waals surface area contributed by atoms with Gasteiger partial charge in [-0.15, -0.1) is 0 Å². The second-order valence-corrected chi connectivity index (χ2v) is 4.34. The van der Waals surface area contributed by atoms with Crippen LogP contribution in [0.5, 0.6) is 5.75 Å². The smallest absolute Gasteiger partial charge is 0.311 e. The molecule has 2 rings (SSSR count). The van der Waals surface area contributed by atoms with Crippen molar-refractivity contribution < 1.29 is 9.53 Å². The van der Waals surface area contributed by atoms with E-state index in [0.717, 1.165) is 17.8 Å². The Morgan fingerprint density at radius 2 is 2.05 bits per heavy atom. The first-order valence-corrected chi connectivity index (χ1v) is 6.46.